The standard InChI is InChI=1S/C29H37F2N6O8P/c1-7-42-24-22-23(34-27(32)35-24)37(16-33-22)28(5,30)26(39)29(31,41-6)15-43-46(40,36-18(4)25(38)44-17(2)3)45-21-14-10-12-19-11-8-9-13-20(19)21/h8-14,16-18,26,39H,7,15H2,1-6H3,(H,36,40)(H2,32,34,35)/t18?,26-,28-,29+,46?/m0/s1. The number of hydrogen-bond acceptors (Lipinski definition) is 12. The number of aliphatic hydroxyl groups excluding tert-OH is 1. The number of esters is 1. The number of rotatable bonds is 15. The lowest BCUT2D eigenvalue weighted by molar-refractivity contribution is -0.253. The monoisotopic (exact) mass is 666 g/mol. The Morgan fingerprint density at radius 3 is 2.52 bits per heavy atom. The van der Waals surface area contributed by atoms with Crippen LogP contribution in [0.4, 0.5) is 14.7 Å². The number of nitrogen functional groups attached to an aromatic ring is 1. The Labute approximate surface area is 263 Å². The summed E-state index contributed by atoms with van der Waals surface area (Å²) in [5, 5.41) is 14.8. The SMILES string of the molecule is CCOc1nc(N)nc2c1ncn2[C@](C)(F)[C@H](O)[C@@](F)(COP(=O)(NC(C)C(=O)OC(C)C)Oc1cccc2ccccc12)OC. The third-order valence-corrected chi connectivity index (χ3v) is 8.45. The molecular weight excluding hydrogens is 629 g/mol. The first kappa shape index (κ1) is 34.9. The maximum Gasteiger partial charge on any atom is 0.459 e. The molecule has 0 bridgehead atoms. The first-order chi connectivity index (χ1) is 21.6. The first-order valence-electron chi connectivity index (χ1n) is 14.3. The quantitative estimate of drug-likeness (QED) is 0.120. The molecule has 2 unspecified atom stereocenters. The van der Waals surface area contributed by atoms with Crippen molar-refractivity contribution < 1.29 is 46.5 Å². The topological polar surface area (TPSA) is 182 Å². The van der Waals surface area contributed by atoms with Gasteiger partial charge in [0.2, 0.25) is 17.6 Å². The van der Waals surface area contributed by atoms with Gasteiger partial charge in [0.05, 0.1) is 19.0 Å². The maximum atomic E-state index is 16.5. The van der Waals surface area contributed by atoms with Crippen molar-refractivity contribution >= 4 is 41.6 Å². The second-order valence-corrected chi connectivity index (χ2v) is 12.4. The number of anilines is 1. The number of aliphatic hydroxyl groups is 1. The van der Waals surface area contributed by atoms with Crippen LogP contribution in [0.2, 0.25) is 0 Å². The minimum Gasteiger partial charge on any atom is -0.476 e. The number of imidazole rings is 1. The number of nitrogens with zero attached hydrogens (tertiary/aromatic N) is 4. The first-order valence-corrected chi connectivity index (χ1v) is 15.8. The summed E-state index contributed by atoms with van der Waals surface area (Å²) in [6.07, 6.45) is -2.19. The third kappa shape index (κ3) is 7.37. The van der Waals surface area contributed by atoms with E-state index in [4.69, 9.17) is 29.0 Å². The highest BCUT2D eigenvalue weighted by Crippen LogP contribution is 2.48. The predicted molar refractivity (Wildman–Crippen MR) is 164 cm³/mol. The summed E-state index contributed by atoms with van der Waals surface area (Å²) in [5.74, 6) is -7.43. The number of benzene rings is 2. The molecule has 4 rings (SSSR count). The lowest BCUT2D eigenvalue weighted by Crippen LogP contribution is -2.55. The number of carbonyl (C=O) groups is 1. The van der Waals surface area contributed by atoms with E-state index in [-0.39, 0.29) is 35.3 Å². The van der Waals surface area contributed by atoms with E-state index < -0.39 is 50.2 Å². The van der Waals surface area contributed by atoms with E-state index in [1.807, 2.05) is 0 Å². The van der Waals surface area contributed by atoms with Crippen LogP contribution in [-0.4, -0.2) is 75.0 Å². The van der Waals surface area contributed by atoms with Crippen molar-refractivity contribution in [1.82, 2.24) is 24.6 Å². The van der Waals surface area contributed by atoms with E-state index in [9.17, 15) is 14.5 Å². The zero-order valence-corrected chi connectivity index (χ0v) is 27.0. The summed E-state index contributed by atoms with van der Waals surface area (Å²) >= 11 is 0. The molecule has 17 heteroatoms. The number of ether oxygens (including phenoxy) is 3. The number of halogens is 2. The second kappa shape index (κ2) is 13.8. The third-order valence-electron chi connectivity index (χ3n) is 6.84. The number of aromatic nitrogens is 4. The molecule has 0 aliphatic rings. The highest BCUT2D eigenvalue weighted by Gasteiger charge is 2.54. The van der Waals surface area contributed by atoms with Crippen molar-refractivity contribution in [2.45, 2.75) is 64.5 Å². The molecule has 4 aromatic rings. The van der Waals surface area contributed by atoms with Crippen molar-refractivity contribution in [3.05, 3.63) is 48.8 Å². The van der Waals surface area contributed by atoms with E-state index in [0.29, 0.717) is 5.39 Å². The average molecular weight is 667 g/mol. The van der Waals surface area contributed by atoms with Crippen molar-refractivity contribution in [2.24, 2.45) is 0 Å². The molecule has 0 aliphatic carbocycles. The van der Waals surface area contributed by atoms with Gasteiger partial charge in [0.25, 0.3) is 5.85 Å². The van der Waals surface area contributed by atoms with Gasteiger partial charge in [0, 0.05) is 12.5 Å². The zero-order chi connectivity index (χ0) is 33.9. The Kier molecular flexibility index (Phi) is 10.5. The van der Waals surface area contributed by atoms with Gasteiger partial charge in [-0.05, 0) is 46.1 Å². The summed E-state index contributed by atoms with van der Waals surface area (Å²) in [6, 6.07) is 10.6. The van der Waals surface area contributed by atoms with Crippen LogP contribution in [0.3, 0.4) is 0 Å². The molecule has 0 spiro atoms. The Morgan fingerprint density at radius 2 is 1.85 bits per heavy atom. The van der Waals surface area contributed by atoms with Gasteiger partial charge in [-0.3, -0.25) is 13.9 Å². The Balaban J connectivity index is 1.67. The fraction of sp³-hybridized carbons (Fsp3) is 0.448. The van der Waals surface area contributed by atoms with Gasteiger partial charge in [-0.15, -0.1) is 0 Å². The van der Waals surface area contributed by atoms with Crippen LogP contribution in [0.25, 0.3) is 21.9 Å². The fourth-order valence-electron chi connectivity index (χ4n) is 4.51. The summed E-state index contributed by atoms with van der Waals surface area (Å²) in [6.45, 7) is 5.98. The summed E-state index contributed by atoms with van der Waals surface area (Å²) < 4.78 is 74.5. The lowest BCUT2D eigenvalue weighted by Gasteiger charge is -2.37. The molecule has 46 heavy (non-hydrogen) atoms. The number of nitrogens with one attached hydrogen (secondary N) is 1. The largest absolute Gasteiger partial charge is 0.476 e. The Bertz CT molecular complexity index is 1740. The molecule has 5 atom stereocenters. The van der Waals surface area contributed by atoms with E-state index in [0.717, 1.165) is 30.3 Å². The summed E-state index contributed by atoms with van der Waals surface area (Å²) in [7, 11) is -3.84. The number of alkyl halides is 2. The van der Waals surface area contributed by atoms with Crippen molar-refractivity contribution in [3.63, 3.8) is 0 Å². The Hall–Kier alpha value is -3.95. The molecular formula is C29H37F2N6O8P. The number of hydrogen-bond donors (Lipinski definition) is 3. The van der Waals surface area contributed by atoms with Crippen LogP contribution in [0, 0.1) is 0 Å². The minimum atomic E-state index is -4.70. The minimum absolute atomic E-state index is 0.00436. The molecule has 2 heterocycles. The van der Waals surface area contributed by atoms with E-state index in [1.165, 1.54) is 13.0 Å². The smallest absolute Gasteiger partial charge is 0.459 e. The van der Waals surface area contributed by atoms with Gasteiger partial charge < -0.3 is 29.6 Å². The van der Waals surface area contributed by atoms with Crippen LogP contribution in [-0.2, 0) is 29.1 Å². The normalized spacial score (nSPS) is 17.2. The van der Waals surface area contributed by atoms with Crippen LogP contribution in [0.5, 0.6) is 11.6 Å². The van der Waals surface area contributed by atoms with Crippen molar-refractivity contribution in [2.75, 3.05) is 26.1 Å². The highest BCUT2D eigenvalue weighted by atomic mass is 31.2. The van der Waals surface area contributed by atoms with Crippen molar-refractivity contribution in [3.8, 4) is 11.6 Å². The fourth-order valence-corrected chi connectivity index (χ4v) is 6.04. The molecule has 250 valence electrons. The van der Waals surface area contributed by atoms with Crippen LogP contribution in [0.1, 0.15) is 34.6 Å². The number of carbonyl (C=O) groups excluding carboxylic acids is 1. The van der Waals surface area contributed by atoms with Gasteiger partial charge in [-0.2, -0.15) is 15.1 Å². The lowest BCUT2D eigenvalue weighted by atomic mass is 10.0. The molecule has 4 N–H and O–H groups in total. The van der Waals surface area contributed by atoms with E-state index in [2.05, 4.69) is 20.0 Å². The Morgan fingerprint density at radius 1 is 1.15 bits per heavy atom. The van der Waals surface area contributed by atoms with Gasteiger partial charge in [-0.25, -0.2) is 18.3 Å². The summed E-state index contributed by atoms with van der Waals surface area (Å²) in [5.41, 5.74) is 5.56. The number of fused-ring (bicyclic) bond motifs is 2. The molecule has 0 saturated carbocycles. The molecule has 0 radical (unpaired) electrons. The van der Waals surface area contributed by atoms with E-state index >= 15 is 8.78 Å². The molecule has 2 aromatic heterocycles. The number of nitrogens with two attached hydrogens (primary N) is 1. The second-order valence-electron chi connectivity index (χ2n) is 10.7. The van der Waals surface area contributed by atoms with Crippen LogP contribution >= 0.6 is 7.75 Å². The van der Waals surface area contributed by atoms with Crippen LogP contribution in [0.15, 0.2) is 48.8 Å². The molecule has 0 fully saturated rings. The van der Waals surface area contributed by atoms with Gasteiger partial charge in [-0.1, -0.05) is 36.4 Å². The van der Waals surface area contributed by atoms with Crippen molar-refractivity contribution in [1.29, 1.82) is 0 Å². The van der Waals surface area contributed by atoms with Gasteiger partial charge in [0.15, 0.2) is 17.3 Å². The number of methoxy groups -OCH3 is 1. The molecule has 2 aromatic carbocycles. The predicted octanol–water partition coefficient (Wildman–Crippen LogP) is 4.41. The summed E-state index contributed by atoms with van der Waals surface area (Å²) in [4.78, 5) is 24.6. The van der Waals surface area contributed by atoms with Crippen LogP contribution < -0.4 is 20.1 Å². The van der Waals surface area contributed by atoms with E-state index in [1.54, 1.807) is 57.2 Å². The average Bonchev–Trinajstić information content (AvgIpc) is 3.44. The maximum absolute atomic E-state index is 16.5. The van der Waals surface area contributed by atoms with Gasteiger partial charge in [0.1, 0.15) is 18.4 Å². The molecule has 0 saturated heterocycles. The molecule has 0 amide bonds. The molecule has 14 nitrogen and oxygen atoms in total. The highest BCUT2D eigenvalue weighted by molar-refractivity contribution is 7.52. The van der Waals surface area contributed by atoms with Gasteiger partial charge >= 0.3 is 13.7 Å². The molecule has 0 aliphatic heterocycles. The zero-order valence-electron chi connectivity index (χ0n) is 26.1.